The molecule has 2 rings (SSSR count). The molecule has 2 N–H and O–H groups in total. The summed E-state index contributed by atoms with van der Waals surface area (Å²) >= 11 is 0. The van der Waals surface area contributed by atoms with Crippen LogP contribution in [-0.4, -0.2) is 27.1 Å². The van der Waals surface area contributed by atoms with Crippen LogP contribution < -0.4 is 5.32 Å². The van der Waals surface area contributed by atoms with E-state index in [0.717, 1.165) is 16.5 Å². The topological polar surface area (TPSA) is 75.1 Å². The van der Waals surface area contributed by atoms with Crippen LogP contribution in [0.5, 0.6) is 0 Å². The van der Waals surface area contributed by atoms with Gasteiger partial charge in [0.1, 0.15) is 18.2 Å². The van der Waals surface area contributed by atoms with Crippen LogP contribution in [0.25, 0.3) is 10.9 Å². The van der Waals surface area contributed by atoms with Crippen LogP contribution in [-0.2, 0) is 4.79 Å². The Labute approximate surface area is 105 Å². The SMILES string of the molecule is CCC(Nc1ncnc2ccc(C)cc12)C(=O)O. The number of carboxylic acids is 1. The van der Waals surface area contributed by atoms with Crippen molar-refractivity contribution in [3.05, 3.63) is 30.1 Å². The van der Waals surface area contributed by atoms with E-state index in [1.165, 1.54) is 6.33 Å². The number of hydrogen-bond acceptors (Lipinski definition) is 4. The number of benzene rings is 1. The molecule has 2 aromatic rings. The molecule has 0 spiro atoms. The number of aliphatic carboxylic acids is 1. The molecule has 5 nitrogen and oxygen atoms in total. The lowest BCUT2D eigenvalue weighted by atomic mass is 10.1. The molecule has 1 heterocycles. The highest BCUT2D eigenvalue weighted by atomic mass is 16.4. The molecule has 0 saturated heterocycles. The maximum Gasteiger partial charge on any atom is 0.326 e. The Kier molecular flexibility index (Phi) is 3.41. The summed E-state index contributed by atoms with van der Waals surface area (Å²) in [5, 5.41) is 12.8. The highest BCUT2D eigenvalue weighted by molar-refractivity contribution is 5.91. The molecular weight excluding hydrogens is 230 g/mol. The summed E-state index contributed by atoms with van der Waals surface area (Å²) in [6.45, 7) is 3.80. The summed E-state index contributed by atoms with van der Waals surface area (Å²) in [5.41, 5.74) is 1.89. The molecular formula is C13H15N3O2. The van der Waals surface area contributed by atoms with E-state index in [1.807, 2.05) is 32.0 Å². The van der Waals surface area contributed by atoms with Crippen molar-refractivity contribution in [1.29, 1.82) is 0 Å². The molecule has 0 saturated carbocycles. The Balaban J connectivity index is 2.44. The summed E-state index contributed by atoms with van der Waals surface area (Å²) in [6, 6.07) is 5.18. The first-order chi connectivity index (χ1) is 8.61. The molecule has 1 atom stereocenters. The fourth-order valence-electron chi connectivity index (χ4n) is 1.79. The Morgan fingerprint density at radius 1 is 1.44 bits per heavy atom. The highest BCUT2D eigenvalue weighted by Gasteiger charge is 2.16. The largest absolute Gasteiger partial charge is 0.480 e. The number of carbonyl (C=O) groups is 1. The van der Waals surface area contributed by atoms with Crippen LogP contribution in [0.2, 0.25) is 0 Å². The smallest absolute Gasteiger partial charge is 0.326 e. The van der Waals surface area contributed by atoms with Gasteiger partial charge >= 0.3 is 5.97 Å². The summed E-state index contributed by atoms with van der Waals surface area (Å²) in [4.78, 5) is 19.3. The monoisotopic (exact) mass is 245 g/mol. The fraction of sp³-hybridized carbons (Fsp3) is 0.308. The van der Waals surface area contributed by atoms with Crippen LogP contribution in [0.1, 0.15) is 18.9 Å². The molecule has 0 amide bonds. The molecule has 0 aliphatic carbocycles. The van der Waals surface area contributed by atoms with Crippen molar-refractivity contribution < 1.29 is 9.90 Å². The lowest BCUT2D eigenvalue weighted by Crippen LogP contribution is -2.28. The Morgan fingerprint density at radius 3 is 2.89 bits per heavy atom. The standard InChI is InChI=1S/C13H15N3O2/c1-3-10(13(17)18)16-12-9-6-8(2)4-5-11(9)14-7-15-12/h4-7,10H,3H2,1-2H3,(H,17,18)(H,14,15,16). The first-order valence-electron chi connectivity index (χ1n) is 5.82. The molecule has 94 valence electrons. The van der Waals surface area contributed by atoms with Gasteiger partial charge < -0.3 is 10.4 Å². The van der Waals surface area contributed by atoms with E-state index < -0.39 is 12.0 Å². The zero-order valence-corrected chi connectivity index (χ0v) is 10.3. The van der Waals surface area contributed by atoms with Crippen LogP contribution >= 0.6 is 0 Å². The van der Waals surface area contributed by atoms with Crippen LogP contribution in [0.3, 0.4) is 0 Å². The molecule has 0 radical (unpaired) electrons. The molecule has 1 aromatic heterocycles. The normalized spacial score (nSPS) is 12.3. The predicted molar refractivity (Wildman–Crippen MR) is 69.6 cm³/mol. The molecule has 0 aliphatic heterocycles. The van der Waals surface area contributed by atoms with Crippen LogP contribution in [0.15, 0.2) is 24.5 Å². The summed E-state index contributed by atoms with van der Waals surface area (Å²) < 4.78 is 0. The number of aromatic nitrogens is 2. The molecule has 0 bridgehead atoms. The van der Waals surface area contributed by atoms with Gasteiger partial charge in [0.25, 0.3) is 0 Å². The van der Waals surface area contributed by atoms with Crippen molar-refractivity contribution in [1.82, 2.24) is 9.97 Å². The van der Waals surface area contributed by atoms with Gasteiger partial charge in [-0.3, -0.25) is 0 Å². The second-order valence-electron chi connectivity index (χ2n) is 4.19. The minimum Gasteiger partial charge on any atom is -0.480 e. The van der Waals surface area contributed by atoms with Gasteiger partial charge in [-0.05, 0) is 25.5 Å². The maximum absolute atomic E-state index is 11.0. The van der Waals surface area contributed by atoms with Gasteiger partial charge in [-0.25, -0.2) is 14.8 Å². The number of hydrogen-bond donors (Lipinski definition) is 2. The number of aryl methyl sites for hydroxylation is 1. The van der Waals surface area contributed by atoms with E-state index >= 15 is 0 Å². The predicted octanol–water partition coefficient (Wildman–Crippen LogP) is 2.21. The first kappa shape index (κ1) is 12.3. The minimum atomic E-state index is -0.878. The third kappa shape index (κ3) is 2.40. The second kappa shape index (κ2) is 5.00. The molecule has 0 fully saturated rings. The third-order valence-corrected chi connectivity index (χ3v) is 2.81. The average molecular weight is 245 g/mol. The van der Waals surface area contributed by atoms with Gasteiger partial charge in [-0.2, -0.15) is 0 Å². The van der Waals surface area contributed by atoms with Crippen molar-refractivity contribution in [2.45, 2.75) is 26.3 Å². The minimum absolute atomic E-state index is 0.493. The Hall–Kier alpha value is -2.17. The van der Waals surface area contributed by atoms with Gasteiger partial charge in [0.2, 0.25) is 0 Å². The van der Waals surface area contributed by atoms with Crippen molar-refractivity contribution in [3.8, 4) is 0 Å². The van der Waals surface area contributed by atoms with E-state index in [9.17, 15) is 4.79 Å². The van der Waals surface area contributed by atoms with Crippen LogP contribution in [0.4, 0.5) is 5.82 Å². The van der Waals surface area contributed by atoms with Crippen molar-refractivity contribution in [2.24, 2.45) is 0 Å². The van der Waals surface area contributed by atoms with Crippen molar-refractivity contribution >= 4 is 22.7 Å². The number of carboxylic acid groups (broad SMARTS) is 1. The number of nitrogens with zero attached hydrogens (tertiary/aromatic N) is 2. The lowest BCUT2D eigenvalue weighted by molar-refractivity contribution is -0.137. The van der Waals surface area contributed by atoms with Crippen molar-refractivity contribution in [2.75, 3.05) is 5.32 Å². The fourth-order valence-corrected chi connectivity index (χ4v) is 1.79. The zero-order valence-electron chi connectivity index (χ0n) is 10.3. The van der Waals surface area contributed by atoms with E-state index in [2.05, 4.69) is 15.3 Å². The quantitative estimate of drug-likeness (QED) is 0.863. The van der Waals surface area contributed by atoms with Gasteiger partial charge in [0, 0.05) is 5.39 Å². The van der Waals surface area contributed by atoms with Gasteiger partial charge in [0.05, 0.1) is 5.52 Å². The second-order valence-corrected chi connectivity index (χ2v) is 4.19. The Bertz CT molecular complexity index is 583. The summed E-state index contributed by atoms with van der Waals surface area (Å²) in [6.07, 6.45) is 1.93. The Morgan fingerprint density at radius 2 is 2.22 bits per heavy atom. The van der Waals surface area contributed by atoms with E-state index in [-0.39, 0.29) is 0 Å². The molecule has 5 heteroatoms. The molecule has 1 unspecified atom stereocenters. The van der Waals surface area contributed by atoms with E-state index in [1.54, 1.807) is 0 Å². The van der Waals surface area contributed by atoms with Gasteiger partial charge in [-0.1, -0.05) is 18.6 Å². The average Bonchev–Trinajstić information content (AvgIpc) is 2.35. The van der Waals surface area contributed by atoms with Gasteiger partial charge in [0.15, 0.2) is 0 Å². The lowest BCUT2D eigenvalue weighted by Gasteiger charge is -2.14. The maximum atomic E-state index is 11.0. The molecule has 18 heavy (non-hydrogen) atoms. The molecule has 0 aliphatic rings. The zero-order chi connectivity index (χ0) is 13.1. The summed E-state index contributed by atoms with van der Waals surface area (Å²) in [7, 11) is 0. The summed E-state index contributed by atoms with van der Waals surface area (Å²) in [5.74, 6) is -0.310. The number of rotatable bonds is 4. The van der Waals surface area contributed by atoms with Crippen molar-refractivity contribution in [3.63, 3.8) is 0 Å². The van der Waals surface area contributed by atoms with E-state index in [4.69, 9.17) is 5.11 Å². The van der Waals surface area contributed by atoms with Crippen LogP contribution in [0, 0.1) is 6.92 Å². The highest BCUT2D eigenvalue weighted by Crippen LogP contribution is 2.21. The number of nitrogens with one attached hydrogen (secondary N) is 1. The first-order valence-corrected chi connectivity index (χ1v) is 5.82. The number of fused-ring (bicyclic) bond motifs is 1. The van der Waals surface area contributed by atoms with E-state index in [0.29, 0.717) is 12.2 Å². The van der Waals surface area contributed by atoms with Gasteiger partial charge in [-0.15, -0.1) is 0 Å². The number of anilines is 1. The third-order valence-electron chi connectivity index (χ3n) is 2.81. The molecule has 1 aromatic carbocycles.